The van der Waals surface area contributed by atoms with Crippen molar-refractivity contribution in [2.24, 2.45) is 0 Å². The van der Waals surface area contributed by atoms with Crippen molar-refractivity contribution in [3.63, 3.8) is 0 Å². The Labute approximate surface area is 205 Å². The maximum Gasteiger partial charge on any atom is 0.335 e. The third kappa shape index (κ3) is 3.77. The summed E-state index contributed by atoms with van der Waals surface area (Å²) in [6.45, 7) is 2.61. The quantitative estimate of drug-likeness (QED) is 0.348. The largest absolute Gasteiger partial charge is 0.459 e. The van der Waals surface area contributed by atoms with Crippen molar-refractivity contribution in [2.45, 2.75) is 58.4 Å². The van der Waals surface area contributed by atoms with Gasteiger partial charge in [-0.2, -0.15) is 0 Å². The highest BCUT2D eigenvalue weighted by Crippen LogP contribution is 2.44. The van der Waals surface area contributed by atoms with Gasteiger partial charge in [-0.15, -0.1) is 0 Å². The second kappa shape index (κ2) is 9.11. The Kier molecular flexibility index (Phi) is 6.09. The molecule has 0 fully saturated rings. The van der Waals surface area contributed by atoms with Crippen LogP contribution in [0, 0.1) is 12.7 Å². The number of aromatic nitrogens is 2. The van der Waals surface area contributed by atoms with Gasteiger partial charge in [0, 0.05) is 17.0 Å². The number of benzene rings is 1. The Morgan fingerprint density at radius 3 is 2.83 bits per heavy atom. The van der Waals surface area contributed by atoms with E-state index in [0.717, 1.165) is 22.1 Å². The van der Waals surface area contributed by atoms with E-state index in [0.29, 0.717) is 35.3 Å². The number of esters is 1. The van der Waals surface area contributed by atoms with Crippen LogP contribution < -0.4 is 10.9 Å². The second-order valence-electron chi connectivity index (χ2n) is 9.19. The Hall–Kier alpha value is -3.63. The van der Waals surface area contributed by atoms with E-state index >= 15 is 0 Å². The molecule has 3 heterocycles. The maximum atomic E-state index is 14.8. The first-order valence-electron chi connectivity index (χ1n) is 11.9. The molecule has 2 aliphatic rings. The van der Waals surface area contributed by atoms with Gasteiger partial charge < -0.3 is 24.8 Å². The molecule has 3 N–H and O–H groups in total. The fourth-order valence-electron chi connectivity index (χ4n) is 5.20. The molecule has 0 bridgehead atoms. The lowest BCUT2D eigenvalue weighted by atomic mass is 9.81. The first-order valence-corrected chi connectivity index (χ1v) is 11.9. The van der Waals surface area contributed by atoms with Gasteiger partial charge in [-0.1, -0.05) is 6.92 Å². The zero-order chi connectivity index (χ0) is 25.7. The topological polar surface area (TPSA) is 131 Å². The van der Waals surface area contributed by atoms with E-state index in [1.165, 1.54) is 10.6 Å². The number of aliphatic hydroxyl groups is 2. The summed E-state index contributed by atoms with van der Waals surface area (Å²) in [4.78, 5) is 42.0. The minimum Gasteiger partial charge on any atom is -0.459 e. The van der Waals surface area contributed by atoms with Crippen LogP contribution in [0.15, 0.2) is 23.0 Å². The number of carbonyl (C=O) groups excluding carboxylic acids is 2. The molecule has 1 aliphatic heterocycles. The number of carbonyl (C=O) groups is 2. The number of pyridine rings is 2. The minimum absolute atomic E-state index is 0.183. The number of halogens is 1. The molecule has 10 heteroatoms. The number of hydrogen-bond donors (Lipinski definition) is 3. The predicted octanol–water partition coefficient (Wildman–Crippen LogP) is 1.78. The van der Waals surface area contributed by atoms with Crippen molar-refractivity contribution >= 4 is 22.8 Å². The molecule has 9 nitrogen and oxygen atoms in total. The molecular formula is C26H26FN3O6. The molecule has 188 valence electrons. The van der Waals surface area contributed by atoms with Gasteiger partial charge in [0.1, 0.15) is 19.0 Å². The van der Waals surface area contributed by atoms with E-state index in [4.69, 9.17) is 9.72 Å². The van der Waals surface area contributed by atoms with Crippen LogP contribution >= 0.6 is 0 Å². The standard InChI is InChI=1S/C26H26FN3O6/c1-3-20(32)26(35)36-11-13-4-7-19-24-15(9-30(19)25(13)34)23-17(28-21(33)10-31)6-5-14-12(2)16(27)8-18(29-24)22(14)23/h4,7-8,17,20,31-32H,3,5-6,9-11H2,1-2H3,(H,28,33)/t17-,20?/m0/s1. The molecule has 36 heavy (non-hydrogen) atoms. The molecule has 3 aromatic rings. The number of fused-ring (bicyclic) bond motifs is 4. The Morgan fingerprint density at radius 2 is 2.11 bits per heavy atom. The summed E-state index contributed by atoms with van der Waals surface area (Å²) in [5, 5.41) is 22.6. The average Bonchev–Trinajstić information content (AvgIpc) is 3.25. The average molecular weight is 496 g/mol. The number of hydrogen-bond acceptors (Lipinski definition) is 7. The van der Waals surface area contributed by atoms with E-state index in [1.54, 1.807) is 26.0 Å². The highest BCUT2D eigenvalue weighted by Gasteiger charge is 2.34. The summed E-state index contributed by atoms with van der Waals surface area (Å²) in [5.41, 5.74) is 4.28. The lowest BCUT2D eigenvalue weighted by Crippen LogP contribution is -2.33. The normalized spacial score (nSPS) is 16.4. The van der Waals surface area contributed by atoms with Gasteiger partial charge >= 0.3 is 5.97 Å². The van der Waals surface area contributed by atoms with Crippen molar-refractivity contribution in [3.05, 3.63) is 62.2 Å². The zero-order valence-corrected chi connectivity index (χ0v) is 19.9. The van der Waals surface area contributed by atoms with Crippen LogP contribution in [0.3, 0.4) is 0 Å². The number of nitrogens with one attached hydrogen (secondary N) is 1. The van der Waals surface area contributed by atoms with Gasteiger partial charge in [0.25, 0.3) is 5.56 Å². The molecule has 1 aliphatic carbocycles. The van der Waals surface area contributed by atoms with Gasteiger partial charge in [0.05, 0.1) is 35.1 Å². The Balaban J connectivity index is 1.63. The monoisotopic (exact) mass is 495 g/mol. The fraction of sp³-hybridized carbons (Fsp3) is 0.385. The molecule has 0 saturated carbocycles. The van der Waals surface area contributed by atoms with E-state index in [1.807, 2.05) is 0 Å². The highest BCUT2D eigenvalue weighted by molar-refractivity contribution is 5.93. The van der Waals surface area contributed by atoms with Crippen molar-refractivity contribution in [1.82, 2.24) is 14.9 Å². The SMILES string of the molecule is CCC(O)C(=O)OCc1ccc2n(c1=O)Cc1c-2nc2cc(F)c(C)c3c2c1[C@@H](NC(=O)CO)CC3. The van der Waals surface area contributed by atoms with E-state index in [2.05, 4.69) is 5.32 Å². The minimum atomic E-state index is -1.25. The first-order chi connectivity index (χ1) is 17.2. The van der Waals surface area contributed by atoms with Gasteiger partial charge in [0.2, 0.25) is 5.91 Å². The van der Waals surface area contributed by atoms with E-state index in [9.17, 15) is 29.0 Å². The van der Waals surface area contributed by atoms with Crippen LogP contribution in [0.2, 0.25) is 0 Å². The summed E-state index contributed by atoms with van der Waals surface area (Å²) >= 11 is 0. The fourth-order valence-corrected chi connectivity index (χ4v) is 5.20. The number of ether oxygens (including phenoxy) is 1. The molecule has 1 unspecified atom stereocenters. The number of aryl methyl sites for hydroxylation is 1. The van der Waals surface area contributed by atoms with Crippen LogP contribution in [0.1, 0.15) is 53.6 Å². The van der Waals surface area contributed by atoms with E-state index < -0.39 is 30.6 Å². The predicted molar refractivity (Wildman–Crippen MR) is 128 cm³/mol. The van der Waals surface area contributed by atoms with Crippen molar-refractivity contribution in [2.75, 3.05) is 6.61 Å². The summed E-state index contributed by atoms with van der Waals surface area (Å²) in [6, 6.07) is 4.20. The van der Waals surface area contributed by atoms with Gasteiger partial charge in [-0.05, 0) is 55.0 Å². The lowest BCUT2D eigenvalue weighted by Gasteiger charge is -2.29. The Morgan fingerprint density at radius 1 is 1.33 bits per heavy atom. The van der Waals surface area contributed by atoms with Crippen molar-refractivity contribution in [3.8, 4) is 11.4 Å². The van der Waals surface area contributed by atoms with Crippen LogP contribution in [0.5, 0.6) is 0 Å². The molecule has 1 aromatic carbocycles. The smallest absolute Gasteiger partial charge is 0.335 e. The van der Waals surface area contributed by atoms with Crippen LogP contribution in [-0.2, 0) is 33.9 Å². The molecule has 0 radical (unpaired) electrons. The van der Waals surface area contributed by atoms with Gasteiger partial charge in [-0.3, -0.25) is 9.59 Å². The summed E-state index contributed by atoms with van der Waals surface area (Å²) in [7, 11) is 0. The van der Waals surface area contributed by atoms with Crippen LogP contribution in [0.4, 0.5) is 4.39 Å². The summed E-state index contributed by atoms with van der Waals surface area (Å²) < 4.78 is 21.4. The highest BCUT2D eigenvalue weighted by atomic mass is 19.1. The molecule has 2 aromatic heterocycles. The molecule has 0 spiro atoms. The van der Waals surface area contributed by atoms with Gasteiger partial charge in [0.15, 0.2) is 6.10 Å². The Bertz CT molecular complexity index is 1480. The number of amides is 1. The van der Waals surface area contributed by atoms with E-state index in [-0.39, 0.29) is 36.5 Å². The molecule has 5 rings (SSSR count). The number of aliphatic hydroxyl groups excluding tert-OH is 2. The maximum absolute atomic E-state index is 14.8. The van der Waals surface area contributed by atoms with Crippen LogP contribution in [-0.4, -0.2) is 44.4 Å². The first kappa shape index (κ1) is 24.1. The number of nitrogens with zero attached hydrogens (tertiary/aromatic N) is 2. The number of rotatable bonds is 6. The van der Waals surface area contributed by atoms with Crippen molar-refractivity contribution in [1.29, 1.82) is 0 Å². The zero-order valence-electron chi connectivity index (χ0n) is 19.9. The van der Waals surface area contributed by atoms with Crippen molar-refractivity contribution < 1.29 is 28.9 Å². The molecular weight excluding hydrogens is 469 g/mol. The molecule has 1 amide bonds. The lowest BCUT2D eigenvalue weighted by molar-refractivity contribution is -0.155. The summed E-state index contributed by atoms with van der Waals surface area (Å²) in [5.74, 6) is -1.68. The summed E-state index contributed by atoms with van der Waals surface area (Å²) in [6.07, 6.45) is 0.00632. The van der Waals surface area contributed by atoms with Crippen LogP contribution in [0.25, 0.3) is 22.3 Å². The second-order valence-corrected chi connectivity index (χ2v) is 9.19. The third-order valence-corrected chi connectivity index (χ3v) is 7.10. The molecule has 2 atom stereocenters. The van der Waals surface area contributed by atoms with Gasteiger partial charge in [-0.25, -0.2) is 14.2 Å². The third-order valence-electron chi connectivity index (χ3n) is 7.10. The molecule has 0 saturated heterocycles.